The average Bonchev–Trinajstić information content (AvgIpc) is 2.66. The maximum atomic E-state index is 14.3. The van der Waals surface area contributed by atoms with Gasteiger partial charge in [-0.1, -0.05) is 13.3 Å². The average molecular weight is 402 g/mol. The predicted octanol–water partition coefficient (Wildman–Crippen LogP) is 5.42. The first-order valence-electron chi connectivity index (χ1n) is 8.87. The lowest BCUT2D eigenvalue weighted by atomic mass is 10.1. The summed E-state index contributed by atoms with van der Waals surface area (Å²) in [7, 11) is 0. The molecule has 1 heterocycles. The summed E-state index contributed by atoms with van der Waals surface area (Å²) >= 11 is 0. The van der Waals surface area contributed by atoms with Crippen LogP contribution < -0.4 is 4.74 Å². The van der Waals surface area contributed by atoms with Gasteiger partial charge in [-0.2, -0.15) is 0 Å². The molecule has 0 radical (unpaired) electrons. The highest BCUT2D eigenvalue weighted by Crippen LogP contribution is 2.32. The Hall–Kier alpha value is -2.19. The Labute approximate surface area is 159 Å². The largest absolute Gasteiger partial charge is 0.483 e. The Bertz CT molecular complexity index is 789. The van der Waals surface area contributed by atoms with E-state index in [1.54, 1.807) is 0 Å². The maximum Gasteiger partial charge on any atom is 0.194 e. The first-order chi connectivity index (χ1) is 13.4. The van der Waals surface area contributed by atoms with Crippen LogP contribution in [0.3, 0.4) is 0 Å². The van der Waals surface area contributed by atoms with E-state index in [-0.39, 0.29) is 17.0 Å². The molecule has 1 aliphatic heterocycles. The third-order valence-corrected chi connectivity index (χ3v) is 4.38. The predicted molar refractivity (Wildman–Crippen MR) is 90.0 cm³/mol. The smallest absolute Gasteiger partial charge is 0.194 e. The van der Waals surface area contributed by atoms with Gasteiger partial charge in [-0.15, -0.1) is 0 Å². The van der Waals surface area contributed by atoms with Gasteiger partial charge >= 0.3 is 0 Å². The minimum atomic E-state index is -1.63. The zero-order valence-electron chi connectivity index (χ0n) is 15.1. The van der Waals surface area contributed by atoms with Crippen LogP contribution in [-0.2, 0) is 16.1 Å². The second kappa shape index (κ2) is 8.87. The number of hydrogen-bond donors (Lipinski definition) is 0. The monoisotopic (exact) mass is 402 g/mol. The molecule has 0 N–H and O–H groups in total. The number of rotatable bonds is 6. The molecule has 0 aliphatic carbocycles. The Morgan fingerprint density at radius 2 is 1.46 bits per heavy atom. The van der Waals surface area contributed by atoms with Crippen molar-refractivity contribution in [3.63, 3.8) is 0 Å². The number of ether oxygens (including phenoxy) is 3. The Kier molecular flexibility index (Phi) is 6.51. The molecule has 0 amide bonds. The molecule has 3 rings (SSSR count). The molecule has 2 aromatic rings. The van der Waals surface area contributed by atoms with Crippen molar-refractivity contribution in [3.8, 4) is 5.75 Å². The zero-order chi connectivity index (χ0) is 20.3. The Balaban J connectivity index is 1.69. The number of benzene rings is 2. The van der Waals surface area contributed by atoms with Crippen molar-refractivity contribution in [3.05, 3.63) is 64.5 Å². The summed E-state index contributed by atoms with van der Waals surface area (Å²) in [6.45, 7) is 2.37. The maximum absolute atomic E-state index is 14.3. The molecule has 0 saturated carbocycles. The number of hydrogen-bond acceptors (Lipinski definition) is 3. The first-order valence-corrected chi connectivity index (χ1v) is 8.87. The van der Waals surface area contributed by atoms with Crippen LogP contribution in [0.5, 0.6) is 5.75 Å². The van der Waals surface area contributed by atoms with Crippen molar-refractivity contribution in [2.24, 2.45) is 5.92 Å². The summed E-state index contributed by atoms with van der Waals surface area (Å²) in [5.74, 6) is -6.95. The van der Waals surface area contributed by atoms with Gasteiger partial charge < -0.3 is 14.2 Å². The third-order valence-electron chi connectivity index (χ3n) is 4.38. The van der Waals surface area contributed by atoms with Gasteiger partial charge in [-0.05, 0) is 36.2 Å². The van der Waals surface area contributed by atoms with Crippen molar-refractivity contribution in [1.82, 2.24) is 0 Å². The van der Waals surface area contributed by atoms with Crippen molar-refractivity contribution >= 4 is 0 Å². The van der Waals surface area contributed by atoms with E-state index in [0.29, 0.717) is 25.3 Å². The fraction of sp³-hybridized carbons (Fsp3) is 0.400. The summed E-state index contributed by atoms with van der Waals surface area (Å²) in [4.78, 5) is 0. The van der Waals surface area contributed by atoms with Gasteiger partial charge in [0.2, 0.25) is 0 Å². The summed E-state index contributed by atoms with van der Waals surface area (Å²) in [6, 6.07) is 3.43. The van der Waals surface area contributed by atoms with Gasteiger partial charge in [-0.25, -0.2) is 22.0 Å². The van der Waals surface area contributed by atoms with Gasteiger partial charge in [0.1, 0.15) is 6.61 Å². The van der Waals surface area contributed by atoms with Gasteiger partial charge in [0, 0.05) is 11.5 Å². The van der Waals surface area contributed by atoms with E-state index in [0.717, 1.165) is 25.0 Å². The first kappa shape index (κ1) is 20.5. The van der Waals surface area contributed by atoms with E-state index < -0.39 is 47.7 Å². The molecule has 0 atom stereocenters. The molecule has 8 heteroatoms. The molecule has 3 nitrogen and oxygen atoms in total. The van der Waals surface area contributed by atoms with E-state index in [4.69, 9.17) is 14.2 Å². The van der Waals surface area contributed by atoms with E-state index in [9.17, 15) is 22.0 Å². The third kappa shape index (κ3) is 4.62. The highest BCUT2D eigenvalue weighted by molar-refractivity contribution is 5.32. The Morgan fingerprint density at radius 3 is 2.00 bits per heavy atom. The van der Waals surface area contributed by atoms with E-state index in [2.05, 4.69) is 0 Å². The molecule has 2 aromatic carbocycles. The van der Waals surface area contributed by atoms with Gasteiger partial charge in [0.05, 0.1) is 13.2 Å². The standard InChI is InChI=1S/C20H19F5O3/c1-2-3-11-8-27-20(28-9-11)13-6-16(23)19(17(24)7-13)26-10-12-4-14(21)18(25)15(22)5-12/h4-7,11,20H,2-3,8-10H2,1H3/t11-,20-. The van der Waals surface area contributed by atoms with Crippen molar-refractivity contribution in [1.29, 1.82) is 0 Å². The van der Waals surface area contributed by atoms with Crippen LogP contribution in [-0.4, -0.2) is 13.2 Å². The fourth-order valence-corrected chi connectivity index (χ4v) is 3.01. The van der Waals surface area contributed by atoms with Crippen LogP contribution >= 0.6 is 0 Å². The fourth-order valence-electron chi connectivity index (χ4n) is 3.01. The van der Waals surface area contributed by atoms with Crippen molar-refractivity contribution < 1.29 is 36.2 Å². The van der Waals surface area contributed by atoms with Gasteiger partial charge in [0.25, 0.3) is 0 Å². The summed E-state index contributed by atoms with van der Waals surface area (Å²) in [5, 5.41) is 0. The second-order valence-electron chi connectivity index (χ2n) is 6.63. The molecule has 0 aromatic heterocycles. The highest BCUT2D eigenvalue weighted by Gasteiger charge is 2.25. The van der Waals surface area contributed by atoms with E-state index in [1.807, 2.05) is 6.92 Å². The van der Waals surface area contributed by atoms with Crippen LogP contribution in [0.4, 0.5) is 22.0 Å². The van der Waals surface area contributed by atoms with Crippen molar-refractivity contribution in [2.75, 3.05) is 13.2 Å². The van der Waals surface area contributed by atoms with Crippen LogP contribution in [0.25, 0.3) is 0 Å². The molecule has 0 spiro atoms. The lowest BCUT2D eigenvalue weighted by Gasteiger charge is -2.29. The molecule has 1 saturated heterocycles. The molecular weight excluding hydrogens is 383 g/mol. The molecule has 1 fully saturated rings. The molecule has 1 aliphatic rings. The minimum Gasteiger partial charge on any atom is -0.483 e. The molecule has 0 bridgehead atoms. The van der Waals surface area contributed by atoms with Gasteiger partial charge in [-0.3, -0.25) is 0 Å². The lowest BCUT2D eigenvalue weighted by molar-refractivity contribution is -0.206. The SMILES string of the molecule is CCC[C@H]1CO[C@H](c2cc(F)c(OCc3cc(F)c(F)c(F)c3)c(F)c2)OC1. The Morgan fingerprint density at radius 1 is 0.893 bits per heavy atom. The zero-order valence-corrected chi connectivity index (χ0v) is 15.1. The summed E-state index contributed by atoms with van der Waals surface area (Å²) in [6.07, 6.45) is 1.04. The van der Waals surface area contributed by atoms with Crippen LogP contribution in [0.15, 0.2) is 24.3 Å². The lowest BCUT2D eigenvalue weighted by Crippen LogP contribution is -2.27. The van der Waals surface area contributed by atoms with Crippen LogP contribution in [0, 0.1) is 35.0 Å². The topological polar surface area (TPSA) is 27.7 Å². The summed E-state index contributed by atoms with van der Waals surface area (Å²) < 4.78 is 84.1. The second-order valence-corrected chi connectivity index (χ2v) is 6.63. The molecule has 152 valence electrons. The van der Waals surface area contributed by atoms with Crippen LogP contribution in [0.2, 0.25) is 0 Å². The molecule has 0 unspecified atom stereocenters. The van der Waals surface area contributed by atoms with E-state index in [1.165, 1.54) is 0 Å². The highest BCUT2D eigenvalue weighted by atomic mass is 19.2. The quantitative estimate of drug-likeness (QED) is 0.477. The molecule has 28 heavy (non-hydrogen) atoms. The summed E-state index contributed by atoms with van der Waals surface area (Å²) in [5.41, 5.74) is 0.0522. The minimum absolute atomic E-state index is 0.111. The van der Waals surface area contributed by atoms with E-state index >= 15 is 0 Å². The van der Waals surface area contributed by atoms with Gasteiger partial charge in [0.15, 0.2) is 41.1 Å². The molecular formula is C20H19F5O3. The van der Waals surface area contributed by atoms with Crippen molar-refractivity contribution in [2.45, 2.75) is 32.7 Å². The number of halogens is 5. The normalized spacial score (nSPS) is 19.6. The van der Waals surface area contributed by atoms with Crippen LogP contribution in [0.1, 0.15) is 37.2 Å².